The van der Waals surface area contributed by atoms with E-state index in [9.17, 15) is 4.79 Å². The number of nitrogens with two attached hydrogens (primary N) is 1. The highest BCUT2D eigenvalue weighted by atomic mass is 32.1. The monoisotopic (exact) mass is 319 g/mol. The first-order valence-electron chi connectivity index (χ1n) is 7.19. The van der Waals surface area contributed by atoms with Crippen molar-refractivity contribution in [3.8, 4) is 5.75 Å². The van der Waals surface area contributed by atoms with Gasteiger partial charge >= 0.3 is 0 Å². The van der Waals surface area contributed by atoms with Crippen molar-refractivity contribution in [1.29, 1.82) is 0 Å². The molecular formula is C16H21N3O2S. The van der Waals surface area contributed by atoms with Gasteiger partial charge in [-0.05, 0) is 31.2 Å². The largest absolute Gasteiger partial charge is 0.497 e. The van der Waals surface area contributed by atoms with Crippen LogP contribution in [0.1, 0.15) is 29.2 Å². The summed E-state index contributed by atoms with van der Waals surface area (Å²) in [5, 5.41) is 5.88. The highest BCUT2D eigenvalue weighted by molar-refractivity contribution is 7.09. The Kier molecular flexibility index (Phi) is 5.91. The first kappa shape index (κ1) is 16.5. The second-order valence-corrected chi connectivity index (χ2v) is 5.95. The average molecular weight is 319 g/mol. The molecule has 3 N–H and O–H groups in total. The van der Waals surface area contributed by atoms with Crippen LogP contribution in [0, 0.1) is 0 Å². The van der Waals surface area contributed by atoms with Crippen LogP contribution in [-0.4, -0.2) is 24.5 Å². The van der Waals surface area contributed by atoms with Crippen LogP contribution in [0.2, 0.25) is 0 Å². The van der Waals surface area contributed by atoms with Crippen LogP contribution in [0.3, 0.4) is 0 Å². The Bertz CT molecular complexity index is 610. The van der Waals surface area contributed by atoms with E-state index in [1.165, 1.54) is 0 Å². The first-order chi connectivity index (χ1) is 10.6. The van der Waals surface area contributed by atoms with Crippen LogP contribution in [0.5, 0.6) is 5.75 Å². The number of rotatable bonds is 7. The third kappa shape index (κ3) is 4.54. The molecule has 2 aromatic rings. The van der Waals surface area contributed by atoms with Crippen molar-refractivity contribution in [2.24, 2.45) is 5.73 Å². The number of carbonyl (C=O) groups excluding carboxylic acids is 1. The molecule has 2 rings (SSSR count). The van der Waals surface area contributed by atoms with E-state index < -0.39 is 0 Å². The average Bonchev–Trinajstić information content (AvgIpc) is 2.94. The molecule has 1 unspecified atom stereocenters. The minimum absolute atomic E-state index is 0.0343. The predicted octanol–water partition coefficient (Wildman–Crippen LogP) is 2.07. The number of nitrogens with zero attached hydrogens (tertiary/aromatic N) is 1. The summed E-state index contributed by atoms with van der Waals surface area (Å²) in [5.41, 5.74) is 7.34. The van der Waals surface area contributed by atoms with Crippen molar-refractivity contribution in [1.82, 2.24) is 10.3 Å². The molecule has 0 saturated carbocycles. The lowest BCUT2D eigenvalue weighted by Crippen LogP contribution is -2.28. The standard InChI is InChI=1S/C16H21N3O2S/c1-11(12-3-5-14(21-2)6-4-12)18-15(20)9-13-10-22-16(19-13)7-8-17/h3-6,10-11H,7-9,17H2,1-2H3,(H,18,20). The summed E-state index contributed by atoms with van der Waals surface area (Å²) in [6.45, 7) is 2.54. The Morgan fingerprint density at radius 3 is 2.77 bits per heavy atom. The van der Waals surface area contributed by atoms with Gasteiger partial charge in [0.2, 0.25) is 5.91 Å². The van der Waals surface area contributed by atoms with Gasteiger partial charge in [0.05, 0.1) is 30.3 Å². The minimum Gasteiger partial charge on any atom is -0.497 e. The minimum atomic E-state index is -0.0550. The molecule has 1 atom stereocenters. The fraction of sp³-hybridized carbons (Fsp3) is 0.375. The van der Waals surface area contributed by atoms with Crippen molar-refractivity contribution in [3.05, 3.63) is 45.9 Å². The van der Waals surface area contributed by atoms with Crippen LogP contribution in [0.25, 0.3) is 0 Å². The van der Waals surface area contributed by atoms with Crippen LogP contribution in [-0.2, 0) is 17.6 Å². The van der Waals surface area contributed by atoms with E-state index in [2.05, 4.69) is 10.3 Å². The van der Waals surface area contributed by atoms with Gasteiger partial charge in [0.25, 0.3) is 0 Å². The molecule has 0 aliphatic rings. The van der Waals surface area contributed by atoms with E-state index in [1.54, 1.807) is 18.4 Å². The number of nitrogens with one attached hydrogen (secondary N) is 1. The van der Waals surface area contributed by atoms with Gasteiger partial charge in [0.1, 0.15) is 5.75 Å². The van der Waals surface area contributed by atoms with E-state index in [4.69, 9.17) is 10.5 Å². The fourth-order valence-electron chi connectivity index (χ4n) is 2.10. The molecule has 0 aliphatic carbocycles. The van der Waals surface area contributed by atoms with Gasteiger partial charge < -0.3 is 15.8 Å². The van der Waals surface area contributed by atoms with Crippen LogP contribution in [0.4, 0.5) is 0 Å². The van der Waals surface area contributed by atoms with E-state index in [0.29, 0.717) is 13.0 Å². The molecule has 0 aliphatic heterocycles. The molecule has 1 heterocycles. The maximum absolute atomic E-state index is 12.1. The number of hydrogen-bond donors (Lipinski definition) is 2. The highest BCUT2D eigenvalue weighted by Gasteiger charge is 2.12. The molecule has 1 amide bonds. The number of methoxy groups -OCH3 is 1. The molecule has 118 valence electrons. The Morgan fingerprint density at radius 2 is 2.14 bits per heavy atom. The van der Waals surface area contributed by atoms with Crippen LogP contribution >= 0.6 is 11.3 Å². The van der Waals surface area contributed by atoms with E-state index in [0.717, 1.165) is 28.4 Å². The van der Waals surface area contributed by atoms with Crippen molar-refractivity contribution in [2.45, 2.75) is 25.8 Å². The molecule has 0 radical (unpaired) electrons. The van der Waals surface area contributed by atoms with Gasteiger partial charge in [-0.2, -0.15) is 0 Å². The zero-order valence-corrected chi connectivity index (χ0v) is 13.7. The highest BCUT2D eigenvalue weighted by Crippen LogP contribution is 2.17. The van der Waals surface area contributed by atoms with E-state index in [-0.39, 0.29) is 11.9 Å². The number of aromatic nitrogens is 1. The molecule has 5 nitrogen and oxygen atoms in total. The molecule has 0 spiro atoms. The first-order valence-corrected chi connectivity index (χ1v) is 8.07. The number of carbonyl (C=O) groups is 1. The zero-order valence-electron chi connectivity index (χ0n) is 12.8. The SMILES string of the molecule is COc1ccc(C(C)NC(=O)Cc2csc(CCN)n2)cc1. The lowest BCUT2D eigenvalue weighted by molar-refractivity contribution is -0.121. The smallest absolute Gasteiger partial charge is 0.226 e. The van der Waals surface area contributed by atoms with Gasteiger partial charge in [0, 0.05) is 11.8 Å². The lowest BCUT2D eigenvalue weighted by Gasteiger charge is -2.14. The van der Waals surface area contributed by atoms with E-state index >= 15 is 0 Å². The summed E-state index contributed by atoms with van der Waals surface area (Å²) in [6, 6.07) is 7.62. The summed E-state index contributed by atoms with van der Waals surface area (Å²) in [7, 11) is 1.63. The summed E-state index contributed by atoms with van der Waals surface area (Å²) in [5.74, 6) is 0.769. The molecule has 0 fully saturated rings. The summed E-state index contributed by atoms with van der Waals surface area (Å²) < 4.78 is 5.13. The van der Waals surface area contributed by atoms with E-state index in [1.807, 2.05) is 36.6 Å². The van der Waals surface area contributed by atoms with Gasteiger partial charge in [0.15, 0.2) is 0 Å². The van der Waals surface area contributed by atoms with Crippen molar-refractivity contribution in [2.75, 3.05) is 13.7 Å². The number of benzene rings is 1. The molecule has 1 aromatic carbocycles. The van der Waals surface area contributed by atoms with Gasteiger partial charge in [-0.25, -0.2) is 4.98 Å². The molecule has 6 heteroatoms. The summed E-state index contributed by atoms with van der Waals surface area (Å²) in [6.07, 6.45) is 1.05. The number of amides is 1. The molecule has 0 bridgehead atoms. The number of thiazole rings is 1. The number of ether oxygens (including phenoxy) is 1. The Morgan fingerprint density at radius 1 is 1.41 bits per heavy atom. The number of hydrogen-bond acceptors (Lipinski definition) is 5. The lowest BCUT2D eigenvalue weighted by atomic mass is 10.1. The Hall–Kier alpha value is -1.92. The Balaban J connectivity index is 1.89. The predicted molar refractivity (Wildman–Crippen MR) is 88.1 cm³/mol. The maximum atomic E-state index is 12.1. The topological polar surface area (TPSA) is 77.2 Å². The molecule has 22 heavy (non-hydrogen) atoms. The van der Waals surface area contributed by atoms with Gasteiger partial charge in [-0.15, -0.1) is 11.3 Å². The van der Waals surface area contributed by atoms with Crippen LogP contribution in [0.15, 0.2) is 29.6 Å². The Labute approximate surface area is 134 Å². The second-order valence-electron chi connectivity index (χ2n) is 5.01. The van der Waals surface area contributed by atoms with Gasteiger partial charge in [-0.3, -0.25) is 4.79 Å². The summed E-state index contributed by atoms with van der Waals surface area (Å²) >= 11 is 1.55. The molecule has 0 saturated heterocycles. The molecule has 1 aromatic heterocycles. The maximum Gasteiger partial charge on any atom is 0.226 e. The van der Waals surface area contributed by atoms with Crippen molar-refractivity contribution >= 4 is 17.2 Å². The summed E-state index contributed by atoms with van der Waals surface area (Å²) in [4.78, 5) is 16.5. The van der Waals surface area contributed by atoms with Crippen LogP contribution < -0.4 is 15.8 Å². The normalized spacial score (nSPS) is 12.0. The van der Waals surface area contributed by atoms with Crippen molar-refractivity contribution in [3.63, 3.8) is 0 Å². The van der Waals surface area contributed by atoms with Crippen molar-refractivity contribution < 1.29 is 9.53 Å². The third-order valence-corrected chi connectivity index (χ3v) is 4.25. The molecular weight excluding hydrogens is 298 g/mol. The third-order valence-electron chi connectivity index (χ3n) is 3.29. The van der Waals surface area contributed by atoms with Gasteiger partial charge in [-0.1, -0.05) is 12.1 Å². The second kappa shape index (κ2) is 7.91. The quantitative estimate of drug-likeness (QED) is 0.819. The fourth-order valence-corrected chi connectivity index (χ4v) is 2.92. The zero-order chi connectivity index (χ0) is 15.9.